The van der Waals surface area contributed by atoms with Crippen LogP contribution in [0.3, 0.4) is 0 Å². The molecule has 20 heavy (non-hydrogen) atoms. The summed E-state index contributed by atoms with van der Waals surface area (Å²) in [6.45, 7) is 1.81. The Morgan fingerprint density at radius 3 is 2.10 bits per heavy atom. The first-order valence-electron chi connectivity index (χ1n) is 5.93. The third-order valence-corrected chi connectivity index (χ3v) is 6.10. The van der Waals surface area contributed by atoms with Crippen LogP contribution in [0.4, 0.5) is 0 Å². The lowest BCUT2D eigenvalue weighted by Gasteiger charge is -2.16. The van der Waals surface area contributed by atoms with Gasteiger partial charge in [-0.25, -0.2) is 13.1 Å². The Morgan fingerprint density at radius 1 is 0.950 bits per heavy atom. The maximum absolute atomic E-state index is 12.4. The van der Waals surface area contributed by atoms with Gasteiger partial charge in [-0.05, 0) is 46.6 Å². The minimum atomic E-state index is -3.57. The van der Waals surface area contributed by atoms with Gasteiger partial charge in [0.2, 0.25) is 10.0 Å². The SMILES string of the molecule is CC(NS(=O)(=O)c1ccccc1Br)c1ccccc1Br. The molecule has 1 atom stereocenters. The summed E-state index contributed by atoms with van der Waals surface area (Å²) in [7, 11) is -3.57. The van der Waals surface area contributed by atoms with E-state index in [1.54, 1.807) is 24.3 Å². The lowest BCUT2D eigenvalue weighted by atomic mass is 10.1. The van der Waals surface area contributed by atoms with E-state index in [0.717, 1.165) is 10.0 Å². The first-order valence-corrected chi connectivity index (χ1v) is 9.00. The van der Waals surface area contributed by atoms with Crippen molar-refractivity contribution in [1.82, 2.24) is 4.72 Å². The van der Waals surface area contributed by atoms with Crippen LogP contribution in [0, 0.1) is 0 Å². The summed E-state index contributed by atoms with van der Waals surface area (Å²) < 4.78 is 28.9. The highest BCUT2D eigenvalue weighted by atomic mass is 79.9. The Bertz CT molecular complexity index is 717. The van der Waals surface area contributed by atoms with Gasteiger partial charge >= 0.3 is 0 Å². The molecule has 1 N–H and O–H groups in total. The number of benzene rings is 2. The molecular weight excluding hydrogens is 406 g/mol. The molecule has 0 saturated carbocycles. The van der Waals surface area contributed by atoms with Crippen molar-refractivity contribution in [3.8, 4) is 0 Å². The summed E-state index contributed by atoms with van der Waals surface area (Å²) in [6.07, 6.45) is 0. The van der Waals surface area contributed by atoms with Crippen molar-refractivity contribution >= 4 is 41.9 Å². The van der Waals surface area contributed by atoms with Gasteiger partial charge in [-0.3, -0.25) is 0 Å². The highest BCUT2D eigenvalue weighted by Crippen LogP contribution is 2.26. The van der Waals surface area contributed by atoms with Crippen LogP contribution in [-0.2, 0) is 10.0 Å². The van der Waals surface area contributed by atoms with Crippen LogP contribution in [0.2, 0.25) is 0 Å². The molecule has 2 rings (SSSR count). The molecule has 0 spiro atoms. The van der Waals surface area contributed by atoms with E-state index in [1.165, 1.54) is 0 Å². The predicted octanol–water partition coefficient (Wildman–Crippen LogP) is 4.25. The first-order chi connectivity index (χ1) is 9.42. The number of hydrogen-bond acceptors (Lipinski definition) is 2. The minimum Gasteiger partial charge on any atom is -0.207 e. The molecular formula is C14H13Br2NO2S. The van der Waals surface area contributed by atoms with Crippen LogP contribution < -0.4 is 4.72 Å². The predicted molar refractivity (Wildman–Crippen MR) is 87.0 cm³/mol. The molecule has 1 unspecified atom stereocenters. The molecule has 106 valence electrons. The maximum atomic E-state index is 12.4. The first kappa shape index (κ1) is 15.7. The van der Waals surface area contributed by atoms with E-state index in [1.807, 2.05) is 31.2 Å². The number of nitrogens with one attached hydrogen (secondary N) is 1. The highest BCUT2D eigenvalue weighted by Gasteiger charge is 2.21. The van der Waals surface area contributed by atoms with E-state index < -0.39 is 10.0 Å². The molecule has 2 aromatic rings. The summed E-state index contributed by atoms with van der Waals surface area (Å²) in [6, 6.07) is 14.0. The zero-order valence-electron chi connectivity index (χ0n) is 10.7. The van der Waals surface area contributed by atoms with Crippen LogP contribution in [0.15, 0.2) is 62.4 Å². The summed E-state index contributed by atoms with van der Waals surface area (Å²) >= 11 is 6.70. The molecule has 0 bridgehead atoms. The lowest BCUT2D eigenvalue weighted by Crippen LogP contribution is -2.27. The molecule has 3 nitrogen and oxygen atoms in total. The quantitative estimate of drug-likeness (QED) is 0.806. The van der Waals surface area contributed by atoms with E-state index in [4.69, 9.17) is 0 Å². The average Bonchev–Trinajstić information content (AvgIpc) is 2.38. The summed E-state index contributed by atoms with van der Waals surface area (Å²) in [5.41, 5.74) is 0.892. The molecule has 0 aromatic heterocycles. The fourth-order valence-corrected chi connectivity index (χ4v) is 4.70. The molecule has 0 heterocycles. The van der Waals surface area contributed by atoms with Crippen LogP contribution in [0.1, 0.15) is 18.5 Å². The Hall–Kier alpha value is -0.690. The molecule has 0 aliphatic heterocycles. The molecule has 0 saturated heterocycles. The lowest BCUT2D eigenvalue weighted by molar-refractivity contribution is 0.566. The van der Waals surface area contributed by atoms with Crippen molar-refractivity contribution in [2.45, 2.75) is 17.9 Å². The third-order valence-electron chi connectivity index (χ3n) is 2.83. The zero-order chi connectivity index (χ0) is 14.8. The fraction of sp³-hybridized carbons (Fsp3) is 0.143. The number of sulfonamides is 1. The van der Waals surface area contributed by atoms with E-state index in [2.05, 4.69) is 36.6 Å². The standard InChI is InChI=1S/C14H13Br2NO2S/c1-10(11-6-2-3-7-12(11)15)17-20(18,19)14-9-5-4-8-13(14)16/h2-10,17H,1H3. The van der Waals surface area contributed by atoms with Gasteiger partial charge in [0.25, 0.3) is 0 Å². The Kier molecular flexibility index (Phi) is 5.01. The Labute approximate surface area is 135 Å². The molecule has 0 amide bonds. The maximum Gasteiger partial charge on any atom is 0.242 e. The summed E-state index contributed by atoms with van der Waals surface area (Å²) in [4.78, 5) is 0.235. The summed E-state index contributed by atoms with van der Waals surface area (Å²) in [5.74, 6) is 0. The van der Waals surface area contributed by atoms with Crippen molar-refractivity contribution in [3.05, 3.63) is 63.0 Å². The topological polar surface area (TPSA) is 46.2 Å². The van der Waals surface area contributed by atoms with Gasteiger partial charge in [0, 0.05) is 15.0 Å². The molecule has 0 aliphatic carbocycles. The van der Waals surface area contributed by atoms with Crippen molar-refractivity contribution in [2.24, 2.45) is 0 Å². The van der Waals surface area contributed by atoms with Crippen LogP contribution >= 0.6 is 31.9 Å². The fourth-order valence-electron chi connectivity index (χ4n) is 1.85. The monoisotopic (exact) mass is 417 g/mol. The van der Waals surface area contributed by atoms with Gasteiger partial charge in [0.05, 0.1) is 4.90 Å². The Morgan fingerprint density at radius 2 is 1.50 bits per heavy atom. The van der Waals surface area contributed by atoms with Crippen molar-refractivity contribution in [2.75, 3.05) is 0 Å². The second kappa shape index (κ2) is 6.39. The zero-order valence-corrected chi connectivity index (χ0v) is 14.7. The molecule has 6 heteroatoms. The minimum absolute atomic E-state index is 0.235. The van der Waals surface area contributed by atoms with Crippen molar-refractivity contribution < 1.29 is 8.42 Å². The smallest absolute Gasteiger partial charge is 0.207 e. The van der Waals surface area contributed by atoms with Crippen LogP contribution in [0.25, 0.3) is 0 Å². The second-order valence-corrected chi connectivity index (χ2v) is 7.69. The van der Waals surface area contributed by atoms with Gasteiger partial charge in [-0.1, -0.05) is 46.3 Å². The van der Waals surface area contributed by atoms with Gasteiger partial charge in [-0.2, -0.15) is 0 Å². The molecule has 2 aromatic carbocycles. The molecule has 0 aliphatic rings. The van der Waals surface area contributed by atoms with Crippen LogP contribution in [0.5, 0.6) is 0 Å². The van der Waals surface area contributed by atoms with Gasteiger partial charge in [-0.15, -0.1) is 0 Å². The second-order valence-electron chi connectivity index (χ2n) is 4.29. The number of rotatable bonds is 4. The largest absolute Gasteiger partial charge is 0.242 e. The van der Waals surface area contributed by atoms with Crippen molar-refractivity contribution in [3.63, 3.8) is 0 Å². The summed E-state index contributed by atoms with van der Waals surface area (Å²) in [5, 5.41) is 0. The van der Waals surface area contributed by atoms with Crippen LogP contribution in [-0.4, -0.2) is 8.42 Å². The normalized spacial score (nSPS) is 13.2. The number of halogens is 2. The van der Waals surface area contributed by atoms with Gasteiger partial charge in [0.1, 0.15) is 0 Å². The van der Waals surface area contributed by atoms with E-state index in [0.29, 0.717) is 4.47 Å². The average molecular weight is 419 g/mol. The third kappa shape index (κ3) is 3.49. The Balaban J connectivity index is 2.30. The highest BCUT2D eigenvalue weighted by molar-refractivity contribution is 9.10. The van der Waals surface area contributed by atoms with Crippen molar-refractivity contribution in [1.29, 1.82) is 0 Å². The van der Waals surface area contributed by atoms with Gasteiger partial charge in [0.15, 0.2) is 0 Å². The van der Waals surface area contributed by atoms with E-state index in [-0.39, 0.29) is 10.9 Å². The van der Waals surface area contributed by atoms with Gasteiger partial charge < -0.3 is 0 Å². The molecule has 0 fully saturated rings. The van der Waals surface area contributed by atoms with E-state index >= 15 is 0 Å². The molecule has 0 radical (unpaired) electrons. The van der Waals surface area contributed by atoms with E-state index in [9.17, 15) is 8.42 Å². The number of hydrogen-bond donors (Lipinski definition) is 1.